The zero-order valence-corrected chi connectivity index (χ0v) is 19.6. The van der Waals surface area contributed by atoms with Gasteiger partial charge in [0.05, 0.1) is 12.2 Å². The van der Waals surface area contributed by atoms with Crippen molar-refractivity contribution in [2.75, 3.05) is 26.2 Å². The summed E-state index contributed by atoms with van der Waals surface area (Å²) in [7, 11) is 0. The van der Waals surface area contributed by atoms with Crippen LogP contribution in [0, 0.1) is 12.5 Å². The summed E-state index contributed by atoms with van der Waals surface area (Å²) in [5.74, 6) is 0.765. The Morgan fingerprint density at radius 3 is 2.62 bits per heavy atom. The van der Waals surface area contributed by atoms with Gasteiger partial charge in [-0.15, -0.1) is 0 Å². The lowest BCUT2D eigenvalue weighted by atomic mass is 9.52. The third-order valence-corrected chi connectivity index (χ3v) is 8.21. The van der Waals surface area contributed by atoms with Gasteiger partial charge in [-0.1, -0.05) is 18.2 Å². The number of nitrogens with zero attached hydrogens (tertiary/aromatic N) is 3. The number of likely N-dealkylation sites (tertiary alicyclic amines) is 2. The van der Waals surface area contributed by atoms with E-state index in [4.69, 9.17) is 11.3 Å². The molecule has 6 heteroatoms. The average Bonchev–Trinajstić information content (AvgIpc) is 3.55. The van der Waals surface area contributed by atoms with Gasteiger partial charge in [0, 0.05) is 31.1 Å². The van der Waals surface area contributed by atoms with Gasteiger partial charge in [-0.25, -0.2) is 9.64 Å². The van der Waals surface area contributed by atoms with Gasteiger partial charge < -0.3 is 14.7 Å². The maximum absolute atomic E-state index is 12.9. The Kier molecular flexibility index (Phi) is 5.07. The Hall–Kier alpha value is -2.10. The number of carbonyl (C=O) groups is 1. The van der Waals surface area contributed by atoms with E-state index < -0.39 is 16.6 Å². The SMILES string of the molecule is [C-]#[N+]c1ccc2c(c1)[C@@]13CCN(C(=O)OC(C)(C)C)CC[C@@]1(O)[C@@H](C2)N(CC1CC1)CC3. The van der Waals surface area contributed by atoms with E-state index in [1.807, 2.05) is 32.9 Å². The summed E-state index contributed by atoms with van der Waals surface area (Å²) in [5, 5.41) is 12.5. The van der Waals surface area contributed by atoms with E-state index in [0.29, 0.717) is 31.6 Å². The van der Waals surface area contributed by atoms with E-state index in [1.165, 1.54) is 18.4 Å². The highest BCUT2D eigenvalue weighted by atomic mass is 16.6. The first-order chi connectivity index (χ1) is 15.1. The van der Waals surface area contributed by atoms with Crippen molar-refractivity contribution in [2.45, 2.75) is 82.0 Å². The monoisotopic (exact) mass is 437 g/mol. The average molecular weight is 438 g/mol. The maximum atomic E-state index is 12.9. The normalized spacial score (nSPS) is 32.3. The molecule has 1 N–H and O–H groups in total. The number of hydrogen-bond donors (Lipinski definition) is 1. The van der Waals surface area contributed by atoms with Crippen molar-refractivity contribution in [2.24, 2.45) is 5.92 Å². The second kappa shape index (κ2) is 7.46. The Morgan fingerprint density at radius 1 is 1.22 bits per heavy atom. The van der Waals surface area contributed by atoms with Crippen molar-refractivity contribution in [1.82, 2.24) is 9.80 Å². The summed E-state index contributed by atoms with van der Waals surface area (Å²) < 4.78 is 5.67. The van der Waals surface area contributed by atoms with Crippen molar-refractivity contribution in [3.05, 3.63) is 40.7 Å². The molecule has 32 heavy (non-hydrogen) atoms. The first-order valence-electron chi connectivity index (χ1n) is 12.1. The number of amides is 1. The van der Waals surface area contributed by atoms with Gasteiger partial charge in [-0.05, 0) is 82.9 Å². The number of hydrogen-bond acceptors (Lipinski definition) is 4. The van der Waals surface area contributed by atoms with Crippen molar-refractivity contribution < 1.29 is 14.6 Å². The topological polar surface area (TPSA) is 57.4 Å². The quantitative estimate of drug-likeness (QED) is 0.702. The van der Waals surface area contributed by atoms with Crippen LogP contribution >= 0.6 is 0 Å². The largest absolute Gasteiger partial charge is 0.444 e. The van der Waals surface area contributed by atoms with Crippen LogP contribution in [-0.2, 0) is 16.6 Å². The van der Waals surface area contributed by atoms with E-state index in [-0.39, 0.29) is 12.1 Å². The second-order valence-corrected chi connectivity index (χ2v) is 11.3. The molecule has 5 rings (SSSR count). The van der Waals surface area contributed by atoms with E-state index in [0.717, 1.165) is 37.4 Å². The van der Waals surface area contributed by atoms with Gasteiger partial charge in [0.25, 0.3) is 0 Å². The summed E-state index contributed by atoms with van der Waals surface area (Å²) in [6.45, 7) is 16.3. The number of piperidine rings is 1. The Balaban J connectivity index is 1.54. The molecule has 1 aromatic rings. The zero-order valence-electron chi connectivity index (χ0n) is 19.6. The summed E-state index contributed by atoms with van der Waals surface area (Å²) in [6.07, 6.45) is 5.21. The predicted molar refractivity (Wildman–Crippen MR) is 123 cm³/mol. The fourth-order valence-corrected chi connectivity index (χ4v) is 6.44. The van der Waals surface area contributed by atoms with Gasteiger partial charge in [0.1, 0.15) is 5.60 Å². The highest BCUT2D eigenvalue weighted by Gasteiger charge is 2.63. The van der Waals surface area contributed by atoms with Crippen LogP contribution in [0.3, 0.4) is 0 Å². The molecular formula is C26H35N3O3. The number of carbonyl (C=O) groups excluding carboxylic acids is 1. The molecule has 3 atom stereocenters. The van der Waals surface area contributed by atoms with Crippen molar-refractivity contribution in [3.8, 4) is 0 Å². The Morgan fingerprint density at radius 2 is 1.94 bits per heavy atom. The molecule has 0 spiro atoms. The smallest absolute Gasteiger partial charge is 0.410 e. The molecule has 3 fully saturated rings. The third kappa shape index (κ3) is 3.50. The molecule has 2 bridgehead atoms. The molecule has 2 heterocycles. The van der Waals surface area contributed by atoms with E-state index in [1.54, 1.807) is 4.90 Å². The highest BCUT2D eigenvalue weighted by Crippen LogP contribution is 2.56. The van der Waals surface area contributed by atoms with Crippen LogP contribution in [0.25, 0.3) is 4.85 Å². The van der Waals surface area contributed by atoms with Crippen LogP contribution in [0.4, 0.5) is 10.5 Å². The highest BCUT2D eigenvalue weighted by molar-refractivity contribution is 5.68. The molecule has 0 unspecified atom stereocenters. The summed E-state index contributed by atoms with van der Waals surface area (Å²) in [6, 6.07) is 6.09. The molecule has 0 aromatic heterocycles. The lowest BCUT2D eigenvalue weighted by Crippen LogP contribution is -2.71. The molecule has 1 amide bonds. The van der Waals surface area contributed by atoms with Gasteiger partial charge in [-0.2, -0.15) is 0 Å². The summed E-state index contributed by atoms with van der Waals surface area (Å²) in [5.41, 5.74) is 1.15. The number of ether oxygens (including phenoxy) is 1. The lowest BCUT2D eigenvalue weighted by molar-refractivity contribution is -0.149. The third-order valence-electron chi connectivity index (χ3n) is 8.21. The minimum atomic E-state index is -0.912. The number of benzene rings is 1. The van der Waals surface area contributed by atoms with Crippen LogP contribution in [0.5, 0.6) is 0 Å². The summed E-state index contributed by atoms with van der Waals surface area (Å²) >= 11 is 0. The van der Waals surface area contributed by atoms with Crippen LogP contribution in [-0.4, -0.2) is 64.4 Å². The molecule has 2 aliphatic heterocycles. The number of fused-ring (bicyclic) bond motifs is 1. The number of aliphatic hydroxyl groups is 1. The van der Waals surface area contributed by atoms with Crippen LogP contribution in [0.15, 0.2) is 18.2 Å². The van der Waals surface area contributed by atoms with Crippen molar-refractivity contribution in [1.29, 1.82) is 0 Å². The first-order valence-corrected chi connectivity index (χ1v) is 12.1. The molecule has 2 aliphatic carbocycles. The lowest BCUT2D eigenvalue weighted by Gasteiger charge is -2.61. The van der Waals surface area contributed by atoms with E-state index in [2.05, 4.69) is 15.8 Å². The zero-order chi connectivity index (χ0) is 22.7. The Bertz CT molecular complexity index is 960. The van der Waals surface area contributed by atoms with Crippen molar-refractivity contribution >= 4 is 11.8 Å². The number of rotatable bonds is 2. The standard InChI is InChI=1S/C26H35N3O3/c1-24(2,3)32-23(30)28-12-9-25-10-13-29(17-18-5-6-18)22(26(25,31)11-14-28)15-19-7-8-20(27-4)16-21(19)25/h7-8,16,18,22,31H,5-6,9-15,17H2,1-3H3/t22-,25+,26-/m1/s1. The summed E-state index contributed by atoms with van der Waals surface area (Å²) in [4.78, 5) is 20.9. The second-order valence-electron chi connectivity index (χ2n) is 11.3. The molecule has 1 aromatic carbocycles. The molecule has 1 saturated carbocycles. The molecule has 172 valence electrons. The van der Waals surface area contributed by atoms with Crippen LogP contribution < -0.4 is 0 Å². The minimum absolute atomic E-state index is 0.0572. The molecule has 0 radical (unpaired) electrons. The van der Waals surface area contributed by atoms with Gasteiger partial charge in [-0.3, -0.25) is 4.90 Å². The van der Waals surface area contributed by atoms with Crippen LogP contribution in [0.2, 0.25) is 0 Å². The predicted octanol–water partition coefficient (Wildman–Crippen LogP) is 4.28. The van der Waals surface area contributed by atoms with Gasteiger partial charge >= 0.3 is 6.09 Å². The van der Waals surface area contributed by atoms with Gasteiger partial charge in [0.15, 0.2) is 5.69 Å². The minimum Gasteiger partial charge on any atom is -0.444 e. The van der Waals surface area contributed by atoms with Gasteiger partial charge in [0.2, 0.25) is 0 Å². The van der Waals surface area contributed by atoms with Crippen molar-refractivity contribution in [3.63, 3.8) is 0 Å². The van der Waals surface area contributed by atoms with Crippen LogP contribution in [0.1, 0.15) is 64.0 Å². The fourth-order valence-electron chi connectivity index (χ4n) is 6.44. The van der Waals surface area contributed by atoms with E-state index in [9.17, 15) is 9.90 Å². The molecule has 4 aliphatic rings. The first kappa shape index (κ1) is 21.7. The Labute approximate surface area is 191 Å². The maximum Gasteiger partial charge on any atom is 0.410 e. The molecule has 2 saturated heterocycles. The van der Waals surface area contributed by atoms with E-state index >= 15 is 0 Å². The fraction of sp³-hybridized carbons (Fsp3) is 0.692. The molecule has 6 nitrogen and oxygen atoms in total. The molecular weight excluding hydrogens is 402 g/mol.